The Balaban J connectivity index is 1.79. The fourth-order valence-electron chi connectivity index (χ4n) is 2.65. The van der Waals surface area contributed by atoms with E-state index in [9.17, 15) is 28.1 Å². The molecule has 0 radical (unpaired) electrons. The van der Waals surface area contributed by atoms with E-state index < -0.39 is 28.4 Å². The highest BCUT2D eigenvalue weighted by Gasteiger charge is 2.38. The van der Waals surface area contributed by atoms with Crippen LogP contribution in [0.2, 0.25) is 0 Å². The quantitative estimate of drug-likeness (QED) is 0.581. The smallest absolute Gasteiger partial charge is 0.308 e. The molecule has 2 aromatic carbocycles. The first-order valence-electron chi connectivity index (χ1n) is 7.78. The van der Waals surface area contributed by atoms with Crippen molar-refractivity contribution in [2.75, 3.05) is 10.6 Å². The van der Waals surface area contributed by atoms with Gasteiger partial charge in [0.15, 0.2) is 0 Å². The van der Waals surface area contributed by atoms with Crippen LogP contribution in [0.25, 0.3) is 0 Å². The Morgan fingerprint density at radius 1 is 1.12 bits per heavy atom. The number of rotatable bonds is 4. The lowest BCUT2D eigenvalue weighted by Crippen LogP contribution is -2.20. The summed E-state index contributed by atoms with van der Waals surface area (Å²) in [5.74, 6) is 0.378. The first kappa shape index (κ1) is 17.7. The van der Waals surface area contributed by atoms with Gasteiger partial charge in [-0.15, -0.1) is 0 Å². The molecule has 0 atom stereocenters. The second-order valence-corrected chi connectivity index (χ2v) is 5.93. The topological polar surface area (TPSA) is 84.3 Å². The van der Waals surface area contributed by atoms with E-state index in [2.05, 4.69) is 10.6 Å². The standard InChI is InChI=1S/C17H14F3N3O3/c18-17(19,20)13-9-11(7-8-15(13)23(25)26)21-16(24)22-14-4-2-1-3-12(14)10-5-6-10/h1-4,7-10H,5-6H2,(H2,21,22,24). The van der Waals surface area contributed by atoms with Crippen LogP contribution in [0.1, 0.15) is 29.9 Å². The molecule has 9 heteroatoms. The highest BCUT2D eigenvalue weighted by molar-refractivity contribution is 6.00. The summed E-state index contributed by atoms with van der Waals surface area (Å²) in [6.07, 6.45) is -2.86. The summed E-state index contributed by atoms with van der Waals surface area (Å²) in [5, 5.41) is 15.6. The minimum Gasteiger partial charge on any atom is -0.308 e. The molecular weight excluding hydrogens is 351 g/mol. The molecule has 2 aromatic rings. The van der Waals surface area contributed by atoms with Gasteiger partial charge in [-0.25, -0.2) is 4.79 Å². The fraction of sp³-hybridized carbons (Fsp3) is 0.235. The van der Waals surface area contributed by atoms with Gasteiger partial charge in [-0.1, -0.05) is 18.2 Å². The lowest BCUT2D eigenvalue weighted by molar-refractivity contribution is -0.388. The van der Waals surface area contributed by atoms with Gasteiger partial charge in [-0.2, -0.15) is 13.2 Å². The molecule has 2 amide bonds. The molecule has 6 nitrogen and oxygen atoms in total. The predicted octanol–water partition coefficient (Wildman–Crippen LogP) is 5.14. The predicted molar refractivity (Wildman–Crippen MR) is 89.2 cm³/mol. The molecule has 0 unspecified atom stereocenters. The maximum absolute atomic E-state index is 13.0. The third-order valence-electron chi connectivity index (χ3n) is 3.98. The Hall–Kier alpha value is -3.10. The van der Waals surface area contributed by atoms with Gasteiger partial charge in [-0.3, -0.25) is 10.1 Å². The SMILES string of the molecule is O=C(Nc1ccc([N+](=O)[O-])c(C(F)(F)F)c1)Nc1ccccc1C1CC1. The molecule has 0 heterocycles. The van der Waals surface area contributed by atoms with Crippen LogP contribution in [0, 0.1) is 10.1 Å². The second kappa shape index (κ2) is 6.66. The largest absolute Gasteiger partial charge is 0.423 e. The maximum Gasteiger partial charge on any atom is 0.423 e. The second-order valence-electron chi connectivity index (χ2n) is 5.93. The zero-order chi connectivity index (χ0) is 18.9. The van der Waals surface area contributed by atoms with Gasteiger partial charge in [0.1, 0.15) is 5.56 Å². The lowest BCUT2D eigenvalue weighted by atomic mass is 10.1. The van der Waals surface area contributed by atoms with Gasteiger partial charge in [0.25, 0.3) is 5.69 Å². The molecule has 1 aliphatic carbocycles. The van der Waals surface area contributed by atoms with Crippen molar-refractivity contribution >= 4 is 23.1 Å². The Kier molecular flexibility index (Phi) is 4.54. The Morgan fingerprint density at radius 2 is 1.81 bits per heavy atom. The number of nitro benzene ring substituents is 1. The Bertz CT molecular complexity index is 864. The van der Waals surface area contributed by atoms with E-state index in [0.717, 1.165) is 30.5 Å². The summed E-state index contributed by atoms with van der Waals surface area (Å²) < 4.78 is 39.0. The number of anilines is 2. The van der Waals surface area contributed by atoms with Crippen molar-refractivity contribution in [2.24, 2.45) is 0 Å². The Morgan fingerprint density at radius 3 is 2.42 bits per heavy atom. The highest BCUT2D eigenvalue weighted by Crippen LogP contribution is 2.43. The Labute approximate surface area is 146 Å². The molecule has 0 bridgehead atoms. The molecule has 1 saturated carbocycles. The van der Waals surface area contributed by atoms with E-state index in [1.54, 1.807) is 12.1 Å². The normalized spacial score (nSPS) is 14.0. The number of nitrogens with one attached hydrogen (secondary N) is 2. The van der Waals surface area contributed by atoms with E-state index in [4.69, 9.17) is 0 Å². The van der Waals surface area contributed by atoms with Crippen molar-refractivity contribution < 1.29 is 22.9 Å². The highest BCUT2D eigenvalue weighted by atomic mass is 19.4. The van der Waals surface area contributed by atoms with Crippen LogP contribution >= 0.6 is 0 Å². The summed E-state index contributed by atoms with van der Waals surface area (Å²) in [7, 11) is 0. The number of urea groups is 1. The van der Waals surface area contributed by atoms with Crippen molar-refractivity contribution in [3.05, 3.63) is 63.7 Å². The fourth-order valence-corrected chi connectivity index (χ4v) is 2.65. The van der Waals surface area contributed by atoms with Crippen molar-refractivity contribution in [3.8, 4) is 0 Å². The number of para-hydroxylation sites is 1. The molecule has 1 fully saturated rings. The van der Waals surface area contributed by atoms with Gasteiger partial charge in [0.2, 0.25) is 0 Å². The van der Waals surface area contributed by atoms with Crippen molar-refractivity contribution in [2.45, 2.75) is 24.9 Å². The summed E-state index contributed by atoms with van der Waals surface area (Å²) in [4.78, 5) is 21.8. The number of amides is 2. The summed E-state index contributed by atoms with van der Waals surface area (Å²) in [5.41, 5.74) is -1.11. The van der Waals surface area contributed by atoms with Gasteiger partial charge in [-0.05, 0) is 42.5 Å². The van der Waals surface area contributed by atoms with E-state index in [0.29, 0.717) is 17.7 Å². The van der Waals surface area contributed by atoms with Crippen molar-refractivity contribution in [1.29, 1.82) is 0 Å². The van der Waals surface area contributed by atoms with E-state index in [-0.39, 0.29) is 5.69 Å². The number of nitro groups is 1. The average Bonchev–Trinajstić information content (AvgIpc) is 3.39. The molecular formula is C17H14F3N3O3. The molecule has 136 valence electrons. The molecule has 2 N–H and O–H groups in total. The van der Waals surface area contributed by atoms with Crippen LogP contribution in [0.3, 0.4) is 0 Å². The summed E-state index contributed by atoms with van der Waals surface area (Å²) in [6.45, 7) is 0. The number of carbonyl (C=O) groups excluding carboxylic acids is 1. The van der Waals surface area contributed by atoms with Crippen LogP contribution in [0.5, 0.6) is 0 Å². The third kappa shape index (κ3) is 3.93. The lowest BCUT2D eigenvalue weighted by Gasteiger charge is -2.13. The minimum atomic E-state index is -4.91. The molecule has 0 aliphatic heterocycles. The van der Waals surface area contributed by atoms with E-state index >= 15 is 0 Å². The molecule has 0 spiro atoms. The molecule has 1 aliphatic rings. The van der Waals surface area contributed by atoms with Crippen LogP contribution in [0.15, 0.2) is 42.5 Å². The minimum absolute atomic E-state index is 0.190. The van der Waals surface area contributed by atoms with Crippen molar-refractivity contribution in [1.82, 2.24) is 0 Å². The number of alkyl halides is 3. The molecule has 0 aromatic heterocycles. The van der Waals surface area contributed by atoms with E-state index in [1.807, 2.05) is 12.1 Å². The van der Waals surface area contributed by atoms with Crippen LogP contribution in [-0.2, 0) is 6.18 Å². The molecule has 3 rings (SSSR count). The monoisotopic (exact) mass is 365 g/mol. The first-order valence-corrected chi connectivity index (χ1v) is 7.78. The number of hydrogen-bond donors (Lipinski definition) is 2. The zero-order valence-corrected chi connectivity index (χ0v) is 13.3. The number of carbonyl (C=O) groups is 1. The van der Waals surface area contributed by atoms with Gasteiger partial charge in [0.05, 0.1) is 4.92 Å². The van der Waals surface area contributed by atoms with Crippen LogP contribution < -0.4 is 10.6 Å². The molecule has 26 heavy (non-hydrogen) atoms. The average molecular weight is 365 g/mol. The number of nitrogens with zero attached hydrogens (tertiary/aromatic N) is 1. The summed E-state index contributed by atoms with van der Waals surface area (Å²) >= 11 is 0. The van der Waals surface area contributed by atoms with E-state index in [1.165, 1.54) is 0 Å². The summed E-state index contributed by atoms with van der Waals surface area (Å²) in [6, 6.07) is 8.80. The van der Waals surface area contributed by atoms with Crippen molar-refractivity contribution in [3.63, 3.8) is 0 Å². The maximum atomic E-state index is 13.0. The van der Waals surface area contributed by atoms with Gasteiger partial charge < -0.3 is 10.6 Å². The number of hydrogen-bond acceptors (Lipinski definition) is 3. The van der Waals surface area contributed by atoms with Gasteiger partial charge in [0, 0.05) is 17.4 Å². The van der Waals surface area contributed by atoms with Crippen LogP contribution in [0.4, 0.5) is 35.0 Å². The zero-order valence-electron chi connectivity index (χ0n) is 13.3. The van der Waals surface area contributed by atoms with Gasteiger partial charge >= 0.3 is 12.2 Å². The third-order valence-corrected chi connectivity index (χ3v) is 3.98. The molecule has 0 saturated heterocycles. The van der Waals surface area contributed by atoms with Crippen LogP contribution in [-0.4, -0.2) is 11.0 Å². The number of halogens is 3. The first-order chi connectivity index (χ1) is 12.3. The number of benzene rings is 2.